The highest BCUT2D eigenvalue weighted by molar-refractivity contribution is 7.80. The molecule has 1 amide bonds. The summed E-state index contributed by atoms with van der Waals surface area (Å²) in [4.78, 5) is 19.7. The number of para-hydroxylation sites is 1. The number of unbranched alkanes of at least 4 members (excludes halogenated alkanes) is 1. The van der Waals surface area contributed by atoms with E-state index in [0.29, 0.717) is 25.4 Å². The predicted octanol–water partition coefficient (Wildman–Crippen LogP) is 3.28. The monoisotopic (exact) mass is 402 g/mol. The molecule has 2 N–H and O–H groups in total. The number of hydrogen-bond donors (Lipinski definition) is 2. The number of carbonyl (C=O) groups is 1. The molecule has 1 aromatic carbocycles. The van der Waals surface area contributed by atoms with Gasteiger partial charge >= 0.3 is 0 Å². The van der Waals surface area contributed by atoms with Crippen LogP contribution in [0.25, 0.3) is 11.3 Å². The molecule has 2 heterocycles. The maximum atomic E-state index is 12.8. The smallest absolute Gasteiger partial charge is 0.241 e. The maximum absolute atomic E-state index is 12.8. The minimum Gasteiger partial charge on any atom is -0.493 e. The largest absolute Gasteiger partial charge is 0.493 e. The van der Waals surface area contributed by atoms with E-state index in [2.05, 4.69) is 30.3 Å². The van der Waals surface area contributed by atoms with Crippen LogP contribution in [0.15, 0.2) is 30.5 Å². The minimum absolute atomic E-state index is 0.0402. The van der Waals surface area contributed by atoms with Crippen molar-refractivity contribution in [2.75, 3.05) is 18.9 Å². The Hall–Kier alpha value is -1.99. The molecule has 0 aliphatic carbocycles. The van der Waals surface area contributed by atoms with Crippen LogP contribution < -0.4 is 10.5 Å². The summed E-state index contributed by atoms with van der Waals surface area (Å²) in [5.74, 6) is 2.06. The fourth-order valence-corrected chi connectivity index (χ4v) is 3.87. The molecule has 0 unspecified atom stereocenters. The van der Waals surface area contributed by atoms with Gasteiger partial charge in [-0.2, -0.15) is 12.6 Å². The quantitative estimate of drug-likeness (QED) is 0.665. The number of ether oxygens (including phenoxy) is 1. The number of nitrogens with zero attached hydrogens (tertiary/aromatic N) is 3. The fourth-order valence-electron chi connectivity index (χ4n) is 3.71. The second kappa shape index (κ2) is 9.47. The Morgan fingerprint density at radius 2 is 2.14 bits per heavy atom. The minimum atomic E-state index is -0.577. The van der Waals surface area contributed by atoms with Crippen molar-refractivity contribution in [3.05, 3.63) is 36.3 Å². The molecule has 2 aromatic rings. The van der Waals surface area contributed by atoms with E-state index >= 15 is 0 Å². The highest BCUT2D eigenvalue weighted by atomic mass is 32.1. The highest BCUT2D eigenvalue weighted by Crippen LogP contribution is 2.35. The van der Waals surface area contributed by atoms with Crippen molar-refractivity contribution in [1.29, 1.82) is 0 Å². The first kappa shape index (κ1) is 20.7. The first-order chi connectivity index (χ1) is 13.6. The molecule has 0 saturated heterocycles. The number of carbonyl (C=O) groups excluding carboxylic acids is 1. The van der Waals surface area contributed by atoms with Crippen LogP contribution in [0.2, 0.25) is 0 Å². The highest BCUT2D eigenvalue weighted by Gasteiger charge is 2.34. The average Bonchev–Trinajstić information content (AvgIpc) is 3.15. The summed E-state index contributed by atoms with van der Waals surface area (Å²) >= 11 is 4.21. The van der Waals surface area contributed by atoms with Gasteiger partial charge in [-0.05, 0) is 25.5 Å². The number of imidazole rings is 1. The molecule has 0 spiro atoms. The number of aromatic nitrogens is 2. The Bertz CT molecular complexity index is 807. The van der Waals surface area contributed by atoms with Crippen LogP contribution in [0.1, 0.15) is 45.0 Å². The van der Waals surface area contributed by atoms with Crippen LogP contribution in [0, 0.1) is 0 Å². The van der Waals surface area contributed by atoms with Gasteiger partial charge in [-0.3, -0.25) is 4.79 Å². The Morgan fingerprint density at radius 3 is 2.86 bits per heavy atom. The maximum Gasteiger partial charge on any atom is 0.241 e. The molecular formula is C21H30N4O2S. The van der Waals surface area contributed by atoms with Crippen LogP contribution in [0.5, 0.6) is 5.75 Å². The number of nitrogens with two attached hydrogens (primary N) is 1. The summed E-state index contributed by atoms with van der Waals surface area (Å²) in [5.41, 5.74) is 7.86. The lowest BCUT2D eigenvalue weighted by molar-refractivity contribution is -0.136. The van der Waals surface area contributed by atoms with Crippen molar-refractivity contribution >= 4 is 18.5 Å². The number of amides is 1. The lowest BCUT2D eigenvalue weighted by Gasteiger charge is -2.37. The molecule has 1 aliphatic rings. The van der Waals surface area contributed by atoms with E-state index in [1.54, 1.807) is 0 Å². The Labute approximate surface area is 172 Å². The van der Waals surface area contributed by atoms with Gasteiger partial charge in [0.15, 0.2) is 0 Å². The molecule has 1 aromatic heterocycles. The van der Waals surface area contributed by atoms with Gasteiger partial charge in [0, 0.05) is 30.6 Å². The first-order valence-electron chi connectivity index (χ1n) is 10.1. The summed E-state index contributed by atoms with van der Waals surface area (Å²) in [7, 11) is 0. The molecule has 0 fully saturated rings. The van der Waals surface area contributed by atoms with Crippen LogP contribution in [-0.4, -0.2) is 45.3 Å². The Morgan fingerprint density at radius 1 is 1.36 bits per heavy atom. The third-order valence-electron chi connectivity index (χ3n) is 5.15. The third kappa shape index (κ3) is 4.20. The van der Waals surface area contributed by atoms with Gasteiger partial charge in [0.05, 0.1) is 24.4 Å². The van der Waals surface area contributed by atoms with Crippen molar-refractivity contribution in [1.82, 2.24) is 14.5 Å². The number of thiol groups is 1. The van der Waals surface area contributed by atoms with E-state index in [-0.39, 0.29) is 11.9 Å². The van der Waals surface area contributed by atoms with Gasteiger partial charge in [-0.25, -0.2) is 4.98 Å². The zero-order chi connectivity index (χ0) is 20.1. The normalized spacial score (nSPS) is 17.3. The van der Waals surface area contributed by atoms with Crippen molar-refractivity contribution in [2.24, 2.45) is 5.73 Å². The van der Waals surface area contributed by atoms with Crippen molar-refractivity contribution in [3.63, 3.8) is 0 Å². The lowest BCUT2D eigenvalue weighted by Crippen LogP contribution is -2.50. The molecular weight excluding hydrogens is 372 g/mol. The molecule has 0 bridgehead atoms. The van der Waals surface area contributed by atoms with E-state index in [1.807, 2.05) is 36.1 Å². The molecule has 1 aliphatic heterocycles. The topological polar surface area (TPSA) is 73.4 Å². The molecule has 7 heteroatoms. The average molecular weight is 403 g/mol. The molecule has 28 heavy (non-hydrogen) atoms. The van der Waals surface area contributed by atoms with Gasteiger partial charge in [0.1, 0.15) is 11.6 Å². The summed E-state index contributed by atoms with van der Waals surface area (Å²) in [6, 6.07) is 7.32. The predicted molar refractivity (Wildman–Crippen MR) is 115 cm³/mol. The number of fused-ring (bicyclic) bond motifs is 1. The lowest BCUT2D eigenvalue weighted by atomic mass is 10.0. The summed E-state index contributed by atoms with van der Waals surface area (Å²) in [6.45, 7) is 6.10. The third-order valence-corrected chi connectivity index (χ3v) is 5.55. The van der Waals surface area contributed by atoms with Crippen molar-refractivity contribution in [2.45, 2.75) is 51.7 Å². The SMILES string of the molecule is CCCC[C@H]1c2nc(-c3ccccc3OCC)cn2CCN1C(=O)[C@@H](N)CS. The van der Waals surface area contributed by atoms with Crippen LogP contribution in [-0.2, 0) is 11.3 Å². The molecule has 0 radical (unpaired) electrons. The van der Waals surface area contributed by atoms with E-state index < -0.39 is 6.04 Å². The standard InChI is InChI=1S/C21H30N4O2S/c1-3-5-9-18-20-23-17(15-8-6-7-10-19(15)27-4-2)13-24(20)11-12-25(18)21(26)16(22)14-28/h6-8,10,13,16,18,28H,3-5,9,11-12,14,22H2,1-2H3/t16-,18-/m0/s1. The van der Waals surface area contributed by atoms with Gasteiger partial charge in [0.25, 0.3) is 0 Å². The number of rotatable bonds is 8. The molecule has 152 valence electrons. The second-order valence-electron chi connectivity index (χ2n) is 7.09. The number of benzene rings is 1. The summed E-state index contributed by atoms with van der Waals surface area (Å²) < 4.78 is 7.96. The molecule has 0 saturated carbocycles. The van der Waals surface area contributed by atoms with Gasteiger partial charge in [0.2, 0.25) is 5.91 Å². The van der Waals surface area contributed by atoms with E-state index in [1.165, 1.54) is 0 Å². The van der Waals surface area contributed by atoms with Crippen LogP contribution in [0.3, 0.4) is 0 Å². The Kier molecular flexibility index (Phi) is 7.02. The van der Waals surface area contributed by atoms with E-state index in [4.69, 9.17) is 15.5 Å². The molecule has 2 atom stereocenters. The molecule has 6 nitrogen and oxygen atoms in total. The zero-order valence-corrected chi connectivity index (χ0v) is 17.6. The summed E-state index contributed by atoms with van der Waals surface area (Å²) in [5, 5.41) is 0. The van der Waals surface area contributed by atoms with Crippen molar-refractivity contribution in [3.8, 4) is 17.0 Å². The van der Waals surface area contributed by atoms with Gasteiger partial charge in [-0.15, -0.1) is 0 Å². The van der Waals surface area contributed by atoms with E-state index in [0.717, 1.165) is 42.1 Å². The van der Waals surface area contributed by atoms with E-state index in [9.17, 15) is 4.79 Å². The Balaban J connectivity index is 1.97. The first-order valence-corrected chi connectivity index (χ1v) is 10.7. The van der Waals surface area contributed by atoms with Gasteiger partial charge < -0.3 is 19.9 Å². The van der Waals surface area contributed by atoms with Crippen molar-refractivity contribution < 1.29 is 9.53 Å². The number of hydrogen-bond acceptors (Lipinski definition) is 5. The molecule has 3 rings (SSSR count). The van der Waals surface area contributed by atoms with Crippen LogP contribution in [0.4, 0.5) is 0 Å². The second-order valence-corrected chi connectivity index (χ2v) is 7.45. The zero-order valence-electron chi connectivity index (χ0n) is 16.7. The van der Waals surface area contributed by atoms with Crippen LogP contribution >= 0.6 is 12.6 Å². The fraction of sp³-hybridized carbons (Fsp3) is 0.524. The summed E-state index contributed by atoms with van der Waals surface area (Å²) in [6.07, 6.45) is 5.05. The van der Waals surface area contributed by atoms with Gasteiger partial charge in [-0.1, -0.05) is 31.9 Å².